The van der Waals surface area contributed by atoms with E-state index >= 15 is 0 Å². The van der Waals surface area contributed by atoms with Gasteiger partial charge in [-0.3, -0.25) is 4.79 Å². The highest BCUT2D eigenvalue weighted by atomic mass is 19.1. The number of anilines is 1. The van der Waals surface area contributed by atoms with E-state index in [1.807, 2.05) is 6.92 Å². The van der Waals surface area contributed by atoms with Gasteiger partial charge in [-0.2, -0.15) is 0 Å². The number of hydrogen-bond acceptors (Lipinski definition) is 4. The molecular weight excluding hydrogens is 309 g/mol. The van der Waals surface area contributed by atoms with Gasteiger partial charge in [-0.1, -0.05) is 6.07 Å². The molecule has 1 heterocycles. The van der Waals surface area contributed by atoms with Crippen LogP contribution in [0.5, 0.6) is 5.75 Å². The molecule has 24 heavy (non-hydrogen) atoms. The smallest absolute Gasteiger partial charge is 0.253 e. The minimum atomic E-state index is -0.399. The Labute approximate surface area is 140 Å². The van der Waals surface area contributed by atoms with E-state index in [2.05, 4.69) is 15.6 Å². The lowest BCUT2D eigenvalue weighted by molar-refractivity contribution is 0.0950. The lowest BCUT2D eigenvalue weighted by Gasteiger charge is -2.16. The number of rotatable bonds is 6. The summed E-state index contributed by atoms with van der Waals surface area (Å²) < 4.78 is 18.7. The minimum Gasteiger partial charge on any atom is -0.494 e. The molecule has 0 saturated heterocycles. The normalized spacial score (nSPS) is 14.8. The van der Waals surface area contributed by atoms with Crippen molar-refractivity contribution in [3.63, 3.8) is 0 Å². The summed E-state index contributed by atoms with van der Waals surface area (Å²) in [6, 6.07) is 8.50. The molecule has 5 nitrogen and oxygen atoms in total. The summed E-state index contributed by atoms with van der Waals surface area (Å²) in [6.45, 7) is 1.91. The molecule has 1 amide bonds. The van der Waals surface area contributed by atoms with Crippen molar-refractivity contribution in [2.45, 2.75) is 31.8 Å². The molecule has 1 aliphatic rings. The van der Waals surface area contributed by atoms with Crippen LogP contribution in [0.4, 0.5) is 10.2 Å². The molecule has 0 spiro atoms. The first kappa shape index (κ1) is 16.2. The van der Waals surface area contributed by atoms with Gasteiger partial charge in [-0.05, 0) is 49.6 Å². The number of methoxy groups -OCH3 is 1. The SMILES string of the molecule is COc1ccc(C(C)Nc2ccc(C(=O)NC3CC3)cn2)cc1F. The first-order valence-electron chi connectivity index (χ1n) is 7.93. The van der Waals surface area contributed by atoms with E-state index in [1.54, 1.807) is 30.5 Å². The van der Waals surface area contributed by atoms with E-state index in [0.717, 1.165) is 18.4 Å². The Morgan fingerprint density at radius 2 is 2.12 bits per heavy atom. The van der Waals surface area contributed by atoms with E-state index < -0.39 is 5.82 Å². The highest BCUT2D eigenvalue weighted by molar-refractivity contribution is 5.94. The Kier molecular flexibility index (Phi) is 4.64. The third-order valence-electron chi connectivity index (χ3n) is 3.98. The fourth-order valence-corrected chi connectivity index (χ4v) is 2.37. The van der Waals surface area contributed by atoms with Crippen LogP contribution in [0.2, 0.25) is 0 Å². The van der Waals surface area contributed by atoms with Crippen molar-refractivity contribution in [1.29, 1.82) is 0 Å². The molecule has 1 aromatic heterocycles. The van der Waals surface area contributed by atoms with Gasteiger partial charge in [-0.25, -0.2) is 9.37 Å². The highest BCUT2D eigenvalue weighted by Crippen LogP contribution is 2.24. The Morgan fingerprint density at radius 3 is 2.71 bits per heavy atom. The highest BCUT2D eigenvalue weighted by Gasteiger charge is 2.23. The molecule has 1 aromatic carbocycles. The molecule has 3 rings (SSSR count). The first-order chi connectivity index (χ1) is 11.6. The van der Waals surface area contributed by atoms with Crippen molar-refractivity contribution < 1.29 is 13.9 Å². The van der Waals surface area contributed by atoms with E-state index in [-0.39, 0.29) is 17.7 Å². The van der Waals surface area contributed by atoms with Gasteiger partial charge in [0.05, 0.1) is 18.7 Å². The predicted molar refractivity (Wildman–Crippen MR) is 89.7 cm³/mol. The van der Waals surface area contributed by atoms with Gasteiger partial charge < -0.3 is 15.4 Å². The molecule has 126 valence electrons. The minimum absolute atomic E-state index is 0.0955. The quantitative estimate of drug-likeness (QED) is 0.853. The molecule has 1 unspecified atom stereocenters. The number of halogens is 1. The second-order valence-electron chi connectivity index (χ2n) is 5.94. The molecule has 0 radical (unpaired) electrons. The average Bonchev–Trinajstić information content (AvgIpc) is 3.39. The summed E-state index contributed by atoms with van der Waals surface area (Å²) in [5.74, 6) is 0.349. The van der Waals surface area contributed by atoms with Crippen LogP contribution in [0.1, 0.15) is 41.7 Å². The van der Waals surface area contributed by atoms with Crippen molar-refractivity contribution in [2.75, 3.05) is 12.4 Å². The number of pyridine rings is 1. The van der Waals surface area contributed by atoms with Gasteiger partial charge in [0.1, 0.15) is 5.82 Å². The number of carbonyl (C=O) groups excluding carboxylic acids is 1. The van der Waals surface area contributed by atoms with Crippen LogP contribution in [0, 0.1) is 5.82 Å². The second-order valence-corrected chi connectivity index (χ2v) is 5.94. The molecule has 6 heteroatoms. The Hall–Kier alpha value is -2.63. The van der Waals surface area contributed by atoms with Crippen molar-refractivity contribution >= 4 is 11.7 Å². The number of carbonyl (C=O) groups is 1. The van der Waals surface area contributed by atoms with Crippen LogP contribution >= 0.6 is 0 Å². The molecule has 2 aromatic rings. The maximum absolute atomic E-state index is 13.8. The van der Waals surface area contributed by atoms with Crippen molar-refractivity contribution in [1.82, 2.24) is 10.3 Å². The van der Waals surface area contributed by atoms with Crippen LogP contribution in [-0.2, 0) is 0 Å². The van der Waals surface area contributed by atoms with Gasteiger partial charge >= 0.3 is 0 Å². The van der Waals surface area contributed by atoms with E-state index in [4.69, 9.17) is 4.74 Å². The second kappa shape index (κ2) is 6.86. The zero-order chi connectivity index (χ0) is 17.1. The van der Waals surface area contributed by atoms with Crippen LogP contribution in [0.15, 0.2) is 36.5 Å². The summed E-state index contributed by atoms with van der Waals surface area (Å²) in [4.78, 5) is 16.2. The summed E-state index contributed by atoms with van der Waals surface area (Å²) in [5.41, 5.74) is 1.32. The summed E-state index contributed by atoms with van der Waals surface area (Å²) in [7, 11) is 1.44. The van der Waals surface area contributed by atoms with Crippen LogP contribution in [0.25, 0.3) is 0 Å². The monoisotopic (exact) mass is 329 g/mol. The number of ether oxygens (including phenoxy) is 1. The number of hydrogen-bond donors (Lipinski definition) is 2. The van der Waals surface area contributed by atoms with E-state index in [1.165, 1.54) is 13.2 Å². The summed E-state index contributed by atoms with van der Waals surface area (Å²) >= 11 is 0. The summed E-state index contributed by atoms with van der Waals surface area (Å²) in [5, 5.41) is 6.11. The number of nitrogens with one attached hydrogen (secondary N) is 2. The lowest BCUT2D eigenvalue weighted by Crippen LogP contribution is -2.25. The molecule has 2 N–H and O–H groups in total. The molecular formula is C18H20FN3O2. The number of benzene rings is 1. The predicted octanol–water partition coefficient (Wildman–Crippen LogP) is 3.29. The maximum Gasteiger partial charge on any atom is 0.253 e. The third-order valence-corrected chi connectivity index (χ3v) is 3.98. The maximum atomic E-state index is 13.8. The summed E-state index contributed by atoms with van der Waals surface area (Å²) in [6.07, 6.45) is 3.64. The fraction of sp³-hybridized carbons (Fsp3) is 0.333. The van der Waals surface area contributed by atoms with E-state index in [0.29, 0.717) is 17.4 Å². The van der Waals surface area contributed by atoms with E-state index in [9.17, 15) is 9.18 Å². The largest absolute Gasteiger partial charge is 0.494 e. The topological polar surface area (TPSA) is 63.2 Å². The van der Waals surface area contributed by atoms with Gasteiger partial charge in [-0.15, -0.1) is 0 Å². The molecule has 0 bridgehead atoms. The lowest BCUT2D eigenvalue weighted by atomic mass is 10.1. The zero-order valence-corrected chi connectivity index (χ0v) is 13.7. The number of amides is 1. The molecule has 1 saturated carbocycles. The Bertz CT molecular complexity index is 730. The molecule has 1 fully saturated rings. The fourth-order valence-electron chi connectivity index (χ4n) is 2.37. The van der Waals surface area contributed by atoms with Gasteiger partial charge in [0.25, 0.3) is 5.91 Å². The first-order valence-corrected chi connectivity index (χ1v) is 7.93. The Morgan fingerprint density at radius 1 is 1.33 bits per heavy atom. The van der Waals surface area contributed by atoms with Gasteiger partial charge in [0, 0.05) is 12.2 Å². The third kappa shape index (κ3) is 3.82. The molecule has 1 aliphatic carbocycles. The van der Waals surface area contributed by atoms with Crippen LogP contribution < -0.4 is 15.4 Å². The molecule has 0 aliphatic heterocycles. The standard InChI is InChI=1S/C18H20FN3O2/c1-11(12-3-7-16(24-2)15(19)9-12)21-17-8-4-13(10-20-17)18(23)22-14-5-6-14/h3-4,7-11,14H,5-6H2,1-2H3,(H,20,21)(H,22,23). The zero-order valence-electron chi connectivity index (χ0n) is 13.7. The number of aromatic nitrogens is 1. The Balaban J connectivity index is 1.64. The van der Waals surface area contributed by atoms with Crippen LogP contribution in [-0.4, -0.2) is 24.0 Å². The van der Waals surface area contributed by atoms with Crippen molar-refractivity contribution in [2.24, 2.45) is 0 Å². The van der Waals surface area contributed by atoms with Gasteiger partial charge in [0.15, 0.2) is 11.6 Å². The van der Waals surface area contributed by atoms with Crippen LogP contribution in [0.3, 0.4) is 0 Å². The average molecular weight is 329 g/mol. The number of nitrogens with zero attached hydrogens (tertiary/aromatic N) is 1. The molecule has 1 atom stereocenters. The van der Waals surface area contributed by atoms with Gasteiger partial charge in [0.2, 0.25) is 0 Å². The van der Waals surface area contributed by atoms with Crippen molar-refractivity contribution in [3.05, 3.63) is 53.5 Å². The van der Waals surface area contributed by atoms with Crippen molar-refractivity contribution in [3.8, 4) is 5.75 Å².